The normalized spacial score (nSPS) is 13.7. The number of fused-ring (bicyclic) bond motifs is 1. The first kappa shape index (κ1) is 15.6. The topological polar surface area (TPSA) is 21.3 Å². The van der Waals surface area contributed by atoms with Crippen LogP contribution in [-0.2, 0) is 0 Å². The lowest BCUT2D eigenvalue weighted by molar-refractivity contribution is 0.182. The van der Waals surface area contributed by atoms with E-state index in [1.807, 2.05) is 13.1 Å². The molecule has 23 heavy (non-hydrogen) atoms. The predicted octanol–water partition coefficient (Wildman–Crippen LogP) is 4.96. The average Bonchev–Trinajstić information content (AvgIpc) is 2.61. The van der Waals surface area contributed by atoms with Gasteiger partial charge in [0.2, 0.25) is 0 Å². The fourth-order valence-corrected chi connectivity index (χ4v) is 2.76. The van der Waals surface area contributed by atoms with Crippen molar-refractivity contribution in [1.29, 1.82) is 0 Å². The van der Waals surface area contributed by atoms with Crippen molar-refractivity contribution in [3.05, 3.63) is 78.4 Å². The van der Waals surface area contributed by atoms with E-state index in [4.69, 9.17) is 4.74 Å². The molecule has 2 nitrogen and oxygen atoms in total. The Morgan fingerprint density at radius 2 is 1.57 bits per heavy atom. The molecule has 0 heterocycles. The van der Waals surface area contributed by atoms with E-state index < -0.39 is 0 Å². The van der Waals surface area contributed by atoms with Gasteiger partial charge in [-0.25, -0.2) is 0 Å². The number of rotatable bonds is 6. The summed E-state index contributed by atoms with van der Waals surface area (Å²) in [4.78, 5) is 0. The van der Waals surface area contributed by atoms with Crippen LogP contribution in [0.25, 0.3) is 10.8 Å². The third kappa shape index (κ3) is 3.91. The van der Waals surface area contributed by atoms with Crippen molar-refractivity contribution >= 4 is 10.8 Å². The van der Waals surface area contributed by atoms with Gasteiger partial charge in [-0.15, -0.1) is 0 Å². The molecule has 0 saturated carbocycles. The van der Waals surface area contributed by atoms with Gasteiger partial charge < -0.3 is 10.1 Å². The minimum Gasteiger partial charge on any atom is -0.486 e. The van der Waals surface area contributed by atoms with Crippen molar-refractivity contribution in [1.82, 2.24) is 5.32 Å². The molecule has 0 aliphatic heterocycles. The van der Waals surface area contributed by atoms with Gasteiger partial charge in [0, 0.05) is 12.5 Å². The minimum absolute atomic E-state index is 0.0415. The van der Waals surface area contributed by atoms with E-state index in [2.05, 4.69) is 79.0 Å². The number of nitrogens with one attached hydrogen (secondary N) is 1. The molecule has 0 amide bonds. The third-order valence-electron chi connectivity index (χ3n) is 4.23. The first-order valence-electron chi connectivity index (χ1n) is 8.14. The van der Waals surface area contributed by atoms with Crippen LogP contribution in [0.3, 0.4) is 0 Å². The molecule has 0 bridgehead atoms. The highest BCUT2D eigenvalue weighted by Crippen LogP contribution is 2.28. The Hall–Kier alpha value is -2.32. The van der Waals surface area contributed by atoms with Crippen LogP contribution in [0.2, 0.25) is 0 Å². The molecule has 0 aliphatic carbocycles. The highest BCUT2D eigenvalue weighted by molar-refractivity contribution is 5.83. The van der Waals surface area contributed by atoms with Crippen LogP contribution in [0.1, 0.15) is 25.0 Å². The van der Waals surface area contributed by atoms with Crippen LogP contribution in [0.5, 0.6) is 5.75 Å². The lowest BCUT2D eigenvalue weighted by atomic mass is 10.0. The van der Waals surface area contributed by atoms with Gasteiger partial charge in [-0.1, -0.05) is 60.7 Å². The summed E-state index contributed by atoms with van der Waals surface area (Å²) in [6.07, 6.45) is 0.965. The zero-order valence-electron chi connectivity index (χ0n) is 13.7. The summed E-state index contributed by atoms with van der Waals surface area (Å²) in [5, 5.41) is 5.74. The van der Waals surface area contributed by atoms with Crippen LogP contribution in [-0.4, -0.2) is 13.1 Å². The molecular formula is C21H23NO. The SMILES string of the molecule is CNC(C)CC(Oc1ccc2ccccc2c1)c1ccccc1. The Balaban J connectivity index is 1.87. The summed E-state index contributed by atoms with van der Waals surface area (Å²) in [6, 6.07) is 25.5. The molecule has 1 N–H and O–H groups in total. The Bertz CT molecular complexity index is 754. The number of ether oxygens (including phenoxy) is 1. The Kier molecular flexibility index (Phi) is 4.94. The summed E-state index contributed by atoms with van der Waals surface area (Å²) in [7, 11) is 1.99. The molecule has 2 atom stereocenters. The van der Waals surface area contributed by atoms with Crippen LogP contribution < -0.4 is 10.1 Å². The molecule has 2 heteroatoms. The highest BCUT2D eigenvalue weighted by Gasteiger charge is 2.16. The standard InChI is InChI=1S/C21H23NO/c1-16(22-2)14-21(18-9-4-3-5-10-18)23-20-13-12-17-8-6-7-11-19(17)15-20/h3-13,15-16,21-22H,14H2,1-2H3. The van der Waals surface area contributed by atoms with Crippen molar-refractivity contribution in [2.24, 2.45) is 0 Å². The van der Waals surface area contributed by atoms with Crippen LogP contribution >= 0.6 is 0 Å². The quantitative estimate of drug-likeness (QED) is 0.695. The van der Waals surface area contributed by atoms with Gasteiger partial charge in [0.1, 0.15) is 11.9 Å². The van der Waals surface area contributed by atoms with E-state index in [0.29, 0.717) is 6.04 Å². The zero-order chi connectivity index (χ0) is 16.1. The van der Waals surface area contributed by atoms with E-state index >= 15 is 0 Å². The Morgan fingerprint density at radius 1 is 0.870 bits per heavy atom. The summed E-state index contributed by atoms with van der Waals surface area (Å²) in [5.74, 6) is 0.917. The zero-order valence-corrected chi connectivity index (χ0v) is 13.7. The second-order valence-corrected chi connectivity index (χ2v) is 5.95. The molecule has 0 aliphatic rings. The number of hydrogen-bond donors (Lipinski definition) is 1. The maximum atomic E-state index is 6.34. The monoisotopic (exact) mass is 305 g/mol. The second kappa shape index (κ2) is 7.30. The fraction of sp³-hybridized carbons (Fsp3) is 0.238. The number of hydrogen-bond acceptors (Lipinski definition) is 2. The molecule has 2 unspecified atom stereocenters. The molecule has 0 spiro atoms. The molecule has 3 rings (SSSR count). The highest BCUT2D eigenvalue weighted by atomic mass is 16.5. The summed E-state index contributed by atoms with van der Waals surface area (Å²) in [5.41, 5.74) is 1.21. The van der Waals surface area contributed by atoms with Crippen molar-refractivity contribution in [2.75, 3.05) is 7.05 Å². The maximum absolute atomic E-state index is 6.34. The van der Waals surface area contributed by atoms with E-state index in [-0.39, 0.29) is 6.10 Å². The van der Waals surface area contributed by atoms with E-state index in [9.17, 15) is 0 Å². The molecule has 0 aromatic heterocycles. The van der Waals surface area contributed by atoms with Crippen molar-refractivity contribution < 1.29 is 4.74 Å². The first-order chi connectivity index (χ1) is 11.3. The lowest BCUT2D eigenvalue weighted by Crippen LogP contribution is -2.25. The van der Waals surface area contributed by atoms with E-state index in [0.717, 1.165) is 12.2 Å². The average molecular weight is 305 g/mol. The van der Waals surface area contributed by atoms with Gasteiger partial charge in [0.15, 0.2) is 0 Å². The van der Waals surface area contributed by atoms with E-state index in [1.54, 1.807) is 0 Å². The predicted molar refractivity (Wildman–Crippen MR) is 96.9 cm³/mol. The first-order valence-corrected chi connectivity index (χ1v) is 8.14. The van der Waals surface area contributed by atoms with Gasteiger partial charge in [-0.3, -0.25) is 0 Å². The molecule has 0 fully saturated rings. The molecule has 3 aromatic carbocycles. The van der Waals surface area contributed by atoms with Crippen molar-refractivity contribution in [3.8, 4) is 5.75 Å². The number of benzene rings is 3. The summed E-state index contributed by atoms with van der Waals surface area (Å²) in [6.45, 7) is 2.18. The van der Waals surface area contributed by atoms with E-state index in [1.165, 1.54) is 16.3 Å². The molecule has 118 valence electrons. The Morgan fingerprint density at radius 3 is 2.30 bits per heavy atom. The van der Waals surface area contributed by atoms with Crippen LogP contribution in [0.4, 0.5) is 0 Å². The largest absolute Gasteiger partial charge is 0.486 e. The molecule has 0 radical (unpaired) electrons. The minimum atomic E-state index is 0.0415. The molecule has 3 aromatic rings. The lowest BCUT2D eigenvalue weighted by Gasteiger charge is -2.23. The van der Waals surface area contributed by atoms with Gasteiger partial charge in [-0.05, 0) is 42.4 Å². The Labute approximate surface area is 138 Å². The van der Waals surface area contributed by atoms with Gasteiger partial charge in [0.25, 0.3) is 0 Å². The molecule has 0 saturated heterocycles. The summed E-state index contributed by atoms with van der Waals surface area (Å²) >= 11 is 0. The second-order valence-electron chi connectivity index (χ2n) is 5.95. The third-order valence-corrected chi connectivity index (χ3v) is 4.23. The van der Waals surface area contributed by atoms with Gasteiger partial charge in [-0.2, -0.15) is 0 Å². The fourth-order valence-electron chi connectivity index (χ4n) is 2.76. The summed E-state index contributed by atoms with van der Waals surface area (Å²) < 4.78 is 6.34. The maximum Gasteiger partial charge on any atom is 0.125 e. The van der Waals surface area contributed by atoms with Crippen LogP contribution in [0.15, 0.2) is 72.8 Å². The van der Waals surface area contributed by atoms with Crippen molar-refractivity contribution in [2.45, 2.75) is 25.5 Å². The van der Waals surface area contributed by atoms with Gasteiger partial charge >= 0.3 is 0 Å². The molecular weight excluding hydrogens is 282 g/mol. The van der Waals surface area contributed by atoms with Crippen LogP contribution in [0, 0.1) is 0 Å². The van der Waals surface area contributed by atoms with Crippen molar-refractivity contribution in [3.63, 3.8) is 0 Å². The van der Waals surface area contributed by atoms with Gasteiger partial charge in [0.05, 0.1) is 0 Å². The smallest absolute Gasteiger partial charge is 0.125 e.